The Labute approximate surface area is 171 Å². The van der Waals surface area contributed by atoms with Crippen molar-refractivity contribution in [3.63, 3.8) is 0 Å². The standard InChI is InChI=1S/C19H24N2O6S2/c1-3-26-18-12-11-17(13-19(18)27-4-2)29(24,25)21-15-7-9-16(10-8-15)28(22,23)20-14-5-6-14/h7-14,20-21H,3-6H2,1-2H3. The van der Waals surface area contributed by atoms with Gasteiger partial charge in [0.1, 0.15) is 0 Å². The summed E-state index contributed by atoms with van der Waals surface area (Å²) in [6, 6.07) is 9.93. The Morgan fingerprint density at radius 3 is 2.00 bits per heavy atom. The van der Waals surface area contributed by atoms with Gasteiger partial charge in [0.2, 0.25) is 10.0 Å². The minimum Gasteiger partial charge on any atom is -0.490 e. The van der Waals surface area contributed by atoms with E-state index in [4.69, 9.17) is 9.47 Å². The van der Waals surface area contributed by atoms with Crippen LogP contribution >= 0.6 is 0 Å². The maximum Gasteiger partial charge on any atom is 0.262 e. The Bertz CT molecular complexity index is 1060. The molecule has 0 spiro atoms. The van der Waals surface area contributed by atoms with E-state index in [9.17, 15) is 16.8 Å². The number of nitrogens with one attached hydrogen (secondary N) is 2. The molecule has 10 heteroatoms. The van der Waals surface area contributed by atoms with E-state index in [-0.39, 0.29) is 21.5 Å². The van der Waals surface area contributed by atoms with Crippen LogP contribution in [0, 0.1) is 0 Å². The van der Waals surface area contributed by atoms with Crippen molar-refractivity contribution in [1.29, 1.82) is 0 Å². The van der Waals surface area contributed by atoms with E-state index >= 15 is 0 Å². The van der Waals surface area contributed by atoms with Crippen LogP contribution in [0.4, 0.5) is 5.69 Å². The molecule has 0 radical (unpaired) electrons. The normalized spacial score (nSPS) is 14.4. The third-order valence-electron chi connectivity index (χ3n) is 4.14. The lowest BCUT2D eigenvalue weighted by Crippen LogP contribution is -2.25. The molecule has 1 saturated carbocycles. The van der Waals surface area contributed by atoms with Crippen LogP contribution in [-0.4, -0.2) is 36.1 Å². The Morgan fingerprint density at radius 2 is 1.41 bits per heavy atom. The quantitative estimate of drug-likeness (QED) is 0.588. The third kappa shape index (κ3) is 5.40. The zero-order valence-electron chi connectivity index (χ0n) is 16.2. The first kappa shape index (κ1) is 21.4. The van der Waals surface area contributed by atoms with E-state index in [0.29, 0.717) is 24.7 Å². The Kier molecular flexibility index (Phi) is 6.35. The molecule has 0 saturated heterocycles. The van der Waals surface area contributed by atoms with Crippen molar-refractivity contribution >= 4 is 25.7 Å². The number of hydrogen-bond donors (Lipinski definition) is 2. The molecular formula is C19H24N2O6S2. The van der Waals surface area contributed by atoms with Crippen molar-refractivity contribution in [2.45, 2.75) is 42.5 Å². The lowest BCUT2D eigenvalue weighted by molar-refractivity contribution is 0.287. The van der Waals surface area contributed by atoms with Crippen LogP contribution in [-0.2, 0) is 20.0 Å². The highest BCUT2D eigenvalue weighted by atomic mass is 32.2. The van der Waals surface area contributed by atoms with Gasteiger partial charge in [-0.2, -0.15) is 0 Å². The van der Waals surface area contributed by atoms with Gasteiger partial charge in [-0.1, -0.05) is 0 Å². The molecule has 8 nitrogen and oxygen atoms in total. The summed E-state index contributed by atoms with van der Waals surface area (Å²) in [4.78, 5) is 0.101. The molecule has 0 atom stereocenters. The van der Waals surface area contributed by atoms with Gasteiger partial charge in [-0.3, -0.25) is 4.72 Å². The van der Waals surface area contributed by atoms with Gasteiger partial charge in [0.05, 0.1) is 23.0 Å². The summed E-state index contributed by atoms with van der Waals surface area (Å²) >= 11 is 0. The van der Waals surface area contributed by atoms with Gasteiger partial charge in [-0.15, -0.1) is 0 Å². The summed E-state index contributed by atoms with van der Waals surface area (Å²) in [5.74, 6) is 0.802. The van der Waals surface area contributed by atoms with Crippen molar-refractivity contribution in [2.75, 3.05) is 17.9 Å². The molecule has 2 aromatic carbocycles. The number of rotatable bonds is 10. The van der Waals surface area contributed by atoms with Crippen LogP contribution in [0.1, 0.15) is 26.7 Å². The topological polar surface area (TPSA) is 111 Å². The van der Waals surface area contributed by atoms with Gasteiger partial charge in [0.25, 0.3) is 10.0 Å². The summed E-state index contributed by atoms with van der Waals surface area (Å²) in [6.07, 6.45) is 1.67. The first-order valence-corrected chi connectivity index (χ1v) is 12.3. The first-order valence-electron chi connectivity index (χ1n) is 9.30. The van der Waals surface area contributed by atoms with Gasteiger partial charge in [-0.25, -0.2) is 21.6 Å². The van der Waals surface area contributed by atoms with E-state index in [2.05, 4.69) is 9.44 Å². The molecule has 1 fully saturated rings. The minimum absolute atomic E-state index is 0.00243. The lowest BCUT2D eigenvalue weighted by Gasteiger charge is -2.14. The molecule has 0 unspecified atom stereocenters. The molecule has 2 N–H and O–H groups in total. The van der Waals surface area contributed by atoms with Crippen molar-refractivity contribution in [3.8, 4) is 11.5 Å². The maximum atomic E-state index is 12.7. The van der Waals surface area contributed by atoms with Gasteiger partial charge in [0.15, 0.2) is 11.5 Å². The summed E-state index contributed by atoms with van der Waals surface area (Å²) in [7, 11) is -7.48. The molecule has 2 aromatic rings. The van der Waals surface area contributed by atoms with Crippen molar-refractivity contribution in [3.05, 3.63) is 42.5 Å². The fourth-order valence-corrected chi connectivity index (χ4v) is 4.98. The Hall–Kier alpha value is -2.30. The average Bonchev–Trinajstić information content (AvgIpc) is 3.47. The maximum absolute atomic E-state index is 12.7. The van der Waals surface area contributed by atoms with Crippen LogP contribution in [0.25, 0.3) is 0 Å². The molecule has 0 aliphatic heterocycles. The summed E-state index contributed by atoms with van der Waals surface area (Å²) < 4.78 is 65.8. The number of ether oxygens (including phenoxy) is 2. The third-order valence-corrected chi connectivity index (χ3v) is 7.06. The molecular weight excluding hydrogens is 416 g/mol. The van der Waals surface area contributed by atoms with E-state index in [1.54, 1.807) is 13.0 Å². The molecule has 158 valence electrons. The zero-order valence-corrected chi connectivity index (χ0v) is 17.8. The predicted octanol–water partition coefficient (Wildman–Crippen LogP) is 2.73. The second-order valence-corrected chi connectivity index (χ2v) is 9.90. The molecule has 1 aliphatic rings. The highest BCUT2D eigenvalue weighted by Crippen LogP contribution is 2.31. The fraction of sp³-hybridized carbons (Fsp3) is 0.368. The van der Waals surface area contributed by atoms with Crippen LogP contribution in [0.5, 0.6) is 11.5 Å². The van der Waals surface area contributed by atoms with E-state index in [1.807, 2.05) is 6.92 Å². The Balaban J connectivity index is 1.79. The van der Waals surface area contributed by atoms with Gasteiger partial charge < -0.3 is 9.47 Å². The molecule has 29 heavy (non-hydrogen) atoms. The molecule has 0 aromatic heterocycles. The van der Waals surface area contributed by atoms with Crippen LogP contribution in [0.3, 0.4) is 0 Å². The fourth-order valence-electron chi connectivity index (χ4n) is 2.60. The van der Waals surface area contributed by atoms with Crippen LogP contribution < -0.4 is 18.9 Å². The molecule has 0 heterocycles. The van der Waals surface area contributed by atoms with Gasteiger partial charge >= 0.3 is 0 Å². The van der Waals surface area contributed by atoms with E-state index < -0.39 is 20.0 Å². The van der Waals surface area contributed by atoms with E-state index in [0.717, 1.165) is 12.8 Å². The summed E-state index contributed by atoms with van der Waals surface area (Å²) in [5, 5.41) is 0. The van der Waals surface area contributed by atoms with Crippen molar-refractivity contribution in [2.24, 2.45) is 0 Å². The Morgan fingerprint density at radius 1 is 0.828 bits per heavy atom. The second kappa shape index (κ2) is 8.60. The highest BCUT2D eigenvalue weighted by molar-refractivity contribution is 7.92. The molecule has 0 amide bonds. The minimum atomic E-state index is -3.89. The smallest absolute Gasteiger partial charge is 0.262 e. The summed E-state index contributed by atoms with van der Waals surface area (Å²) in [5.41, 5.74) is 0.252. The monoisotopic (exact) mass is 440 g/mol. The van der Waals surface area contributed by atoms with Crippen LogP contribution in [0.2, 0.25) is 0 Å². The molecule has 1 aliphatic carbocycles. The van der Waals surface area contributed by atoms with E-state index in [1.165, 1.54) is 36.4 Å². The number of anilines is 1. The van der Waals surface area contributed by atoms with Crippen LogP contribution in [0.15, 0.2) is 52.3 Å². The molecule has 0 bridgehead atoms. The number of benzene rings is 2. The highest BCUT2D eigenvalue weighted by Gasteiger charge is 2.28. The largest absolute Gasteiger partial charge is 0.490 e. The summed E-state index contributed by atoms with van der Waals surface area (Å²) in [6.45, 7) is 4.41. The zero-order chi connectivity index (χ0) is 21.1. The average molecular weight is 441 g/mol. The SMILES string of the molecule is CCOc1ccc(S(=O)(=O)Nc2ccc(S(=O)(=O)NC3CC3)cc2)cc1OCC. The van der Waals surface area contributed by atoms with Gasteiger partial charge in [0, 0.05) is 17.8 Å². The number of hydrogen-bond acceptors (Lipinski definition) is 6. The van der Waals surface area contributed by atoms with Crippen molar-refractivity contribution < 1.29 is 26.3 Å². The lowest BCUT2D eigenvalue weighted by atomic mass is 10.3. The van der Waals surface area contributed by atoms with Gasteiger partial charge in [-0.05, 0) is 63.1 Å². The van der Waals surface area contributed by atoms with Crippen molar-refractivity contribution in [1.82, 2.24) is 4.72 Å². The first-order chi connectivity index (χ1) is 13.7. The molecule has 3 rings (SSSR count). The second-order valence-electron chi connectivity index (χ2n) is 6.50. The number of sulfonamides is 2. The predicted molar refractivity (Wildman–Crippen MR) is 109 cm³/mol.